The Labute approximate surface area is 120 Å². The molecule has 0 radical (unpaired) electrons. The SMILES string of the molecule is O=C(c1csnn1)N1CCC[C@H]1Cc1cccc(F)c1. The van der Waals surface area contributed by atoms with Gasteiger partial charge in [-0.15, -0.1) is 5.10 Å². The van der Waals surface area contributed by atoms with Crippen LogP contribution in [0.1, 0.15) is 28.9 Å². The topological polar surface area (TPSA) is 46.1 Å². The van der Waals surface area contributed by atoms with Gasteiger partial charge in [-0.2, -0.15) is 0 Å². The molecule has 20 heavy (non-hydrogen) atoms. The third-order valence-electron chi connectivity index (χ3n) is 3.58. The molecular weight excluding hydrogens is 277 g/mol. The van der Waals surface area contributed by atoms with Crippen molar-refractivity contribution in [2.75, 3.05) is 6.54 Å². The Bertz CT molecular complexity index is 602. The Morgan fingerprint density at radius 3 is 3.15 bits per heavy atom. The number of rotatable bonds is 3. The summed E-state index contributed by atoms with van der Waals surface area (Å²) >= 11 is 1.18. The maximum atomic E-state index is 13.2. The molecule has 3 rings (SSSR count). The lowest BCUT2D eigenvalue weighted by Crippen LogP contribution is -2.37. The molecule has 0 aliphatic carbocycles. The summed E-state index contributed by atoms with van der Waals surface area (Å²) in [4.78, 5) is 14.2. The second-order valence-corrected chi connectivity index (χ2v) is 5.53. The third kappa shape index (κ3) is 2.70. The van der Waals surface area contributed by atoms with Crippen molar-refractivity contribution >= 4 is 17.4 Å². The van der Waals surface area contributed by atoms with E-state index in [4.69, 9.17) is 0 Å². The first-order chi connectivity index (χ1) is 9.74. The number of halogens is 1. The zero-order chi connectivity index (χ0) is 13.9. The van der Waals surface area contributed by atoms with E-state index in [1.807, 2.05) is 11.0 Å². The summed E-state index contributed by atoms with van der Waals surface area (Å²) in [6.07, 6.45) is 2.60. The van der Waals surface area contributed by atoms with E-state index in [1.165, 1.54) is 23.7 Å². The van der Waals surface area contributed by atoms with E-state index in [-0.39, 0.29) is 17.8 Å². The smallest absolute Gasteiger partial charge is 0.275 e. The molecule has 1 atom stereocenters. The van der Waals surface area contributed by atoms with Crippen LogP contribution in [0.5, 0.6) is 0 Å². The quantitative estimate of drug-likeness (QED) is 0.873. The molecule has 0 N–H and O–H groups in total. The Hall–Kier alpha value is -1.82. The molecule has 1 aliphatic heterocycles. The minimum atomic E-state index is -0.234. The average molecular weight is 291 g/mol. The lowest BCUT2D eigenvalue weighted by Gasteiger charge is -2.23. The van der Waals surface area contributed by atoms with Gasteiger partial charge in [0.05, 0.1) is 0 Å². The van der Waals surface area contributed by atoms with Crippen molar-refractivity contribution < 1.29 is 9.18 Å². The maximum absolute atomic E-state index is 13.2. The molecule has 4 nitrogen and oxygen atoms in total. The summed E-state index contributed by atoms with van der Waals surface area (Å²) in [5, 5.41) is 5.50. The number of hydrogen-bond acceptors (Lipinski definition) is 4. The van der Waals surface area contributed by atoms with Crippen molar-refractivity contribution in [2.45, 2.75) is 25.3 Å². The van der Waals surface area contributed by atoms with Crippen molar-refractivity contribution in [1.29, 1.82) is 0 Å². The second kappa shape index (κ2) is 5.66. The van der Waals surface area contributed by atoms with Crippen molar-refractivity contribution in [3.63, 3.8) is 0 Å². The van der Waals surface area contributed by atoms with Gasteiger partial charge >= 0.3 is 0 Å². The van der Waals surface area contributed by atoms with Gasteiger partial charge in [0.1, 0.15) is 5.82 Å². The van der Waals surface area contributed by atoms with E-state index in [1.54, 1.807) is 11.4 Å². The summed E-state index contributed by atoms with van der Waals surface area (Å²) in [6.45, 7) is 0.732. The number of amides is 1. The Morgan fingerprint density at radius 1 is 1.50 bits per heavy atom. The van der Waals surface area contributed by atoms with E-state index < -0.39 is 0 Å². The number of likely N-dealkylation sites (tertiary alicyclic amines) is 1. The van der Waals surface area contributed by atoms with Crippen LogP contribution in [0.25, 0.3) is 0 Å². The highest BCUT2D eigenvalue weighted by atomic mass is 32.1. The lowest BCUT2D eigenvalue weighted by molar-refractivity contribution is 0.0730. The molecule has 1 saturated heterocycles. The molecule has 6 heteroatoms. The predicted molar refractivity (Wildman–Crippen MR) is 74.1 cm³/mol. The van der Waals surface area contributed by atoms with Gasteiger partial charge in [0.2, 0.25) is 0 Å². The summed E-state index contributed by atoms with van der Waals surface area (Å²) in [7, 11) is 0. The molecule has 1 fully saturated rings. The molecule has 0 unspecified atom stereocenters. The number of nitrogens with zero attached hydrogens (tertiary/aromatic N) is 3. The Balaban J connectivity index is 1.74. The van der Waals surface area contributed by atoms with Crippen LogP contribution in [0.15, 0.2) is 29.6 Å². The second-order valence-electron chi connectivity index (χ2n) is 4.92. The fourth-order valence-corrected chi connectivity index (χ4v) is 3.09. The molecule has 0 saturated carbocycles. The zero-order valence-electron chi connectivity index (χ0n) is 10.8. The predicted octanol–water partition coefficient (Wildman–Crippen LogP) is 2.52. The first-order valence-electron chi connectivity index (χ1n) is 6.56. The average Bonchev–Trinajstić information content (AvgIpc) is 3.09. The largest absolute Gasteiger partial charge is 0.334 e. The molecule has 0 spiro atoms. The van der Waals surface area contributed by atoms with Crippen LogP contribution in [0.3, 0.4) is 0 Å². The van der Waals surface area contributed by atoms with Gasteiger partial charge in [-0.1, -0.05) is 16.6 Å². The molecule has 1 aromatic carbocycles. The number of hydrogen-bond donors (Lipinski definition) is 0. The van der Waals surface area contributed by atoms with E-state index in [0.717, 1.165) is 24.9 Å². The van der Waals surface area contributed by atoms with Crippen molar-refractivity contribution in [3.05, 3.63) is 46.7 Å². The number of carbonyl (C=O) groups is 1. The van der Waals surface area contributed by atoms with Crippen LogP contribution in [-0.4, -0.2) is 33.0 Å². The van der Waals surface area contributed by atoms with Crippen LogP contribution in [0.2, 0.25) is 0 Å². The summed E-state index contributed by atoms with van der Waals surface area (Å²) in [5.41, 5.74) is 1.33. The van der Waals surface area contributed by atoms with Gasteiger partial charge < -0.3 is 4.90 Å². The minimum Gasteiger partial charge on any atom is -0.334 e. The van der Waals surface area contributed by atoms with Crippen LogP contribution >= 0.6 is 11.5 Å². The molecule has 1 aliphatic rings. The molecular formula is C14H14FN3OS. The molecule has 2 aromatic rings. The molecule has 1 aromatic heterocycles. The Morgan fingerprint density at radius 2 is 2.40 bits per heavy atom. The van der Waals surface area contributed by atoms with Crippen LogP contribution in [-0.2, 0) is 6.42 Å². The monoisotopic (exact) mass is 291 g/mol. The fourth-order valence-electron chi connectivity index (χ4n) is 2.66. The normalized spacial score (nSPS) is 18.4. The Kier molecular flexibility index (Phi) is 3.73. The van der Waals surface area contributed by atoms with Gasteiger partial charge in [-0.25, -0.2) is 4.39 Å². The number of carbonyl (C=O) groups excluding carboxylic acids is 1. The number of benzene rings is 1. The van der Waals surface area contributed by atoms with Crippen LogP contribution in [0.4, 0.5) is 4.39 Å². The van der Waals surface area contributed by atoms with Crippen LogP contribution in [0, 0.1) is 5.82 Å². The third-order valence-corrected chi connectivity index (χ3v) is 4.08. The highest BCUT2D eigenvalue weighted by Gasteiger charge is 2.30. The molecule has 104 valence electrons. The maximum Gasteiger partial charge on any atom is 0.275 e. The van der Waals surface area contributed by atoms with Gasteiger partial charge in [-0.3, -0.25) is 4.79 Å². The summed E-state index contributed by atoms with van der Waals surface area (Å²) in [5.74, 6) is -0.306. The van der Waals surface area contributed by atoms with Gasteiger partial charge in [-0.05, 0) is 48.5 Å². The van der Waals surface area contributed by atoms with Crippen molar-refractivity contribution in [2.24, 2.45) is 0 Å². The summed E-state index contributed by atoms with van der Waals surface area (Å²) in [6, 6.07) is 6.68. The lowest BCUT2D eigenvalue weighted by atomic mass is 10.0. The first kappa shape index (κ1) is 13.2. The van der Waals surface area contributed by atoms with Gasteiger partial charge in [0.25, 0.3) is 5.91 Å². The highest BCUT2D eigenvalue weighted by molar-refractivity contribution is 7.03. The zero-order valence-corrected chi connectivity index (χ0v) is 11.6. The van der Waals surface area contributed by atoms with Crippen molar-refractivity contribution in [3.8, 4) is 0 Å². The summed E-state index contributed by atoms with van der Waals surface area (Å²) < 4.78 is 17.0. The minimum absolute atomic E-state index is 0.0716. The van der Waals surface area contributed by atoms with Crippen LogP contribution < -0.4 is 0 Å². The standard InChI is InChI=1S/C14H14FN3OS/c15-11-4-1-3-10(7-11)8-12-5-2-6-18(12)14(19)13-9-20-17-16-13/h1,3-4,7,9,12H,2,5-6,8H2/t12-/m0/s1. The molecule has 0 bridgehead atoms. The van der Waals surface area contributed by atoms with E-state index >= 15 is 0 Å². The van der Waals surface area contributed by atoms with Gasteiger partial charge in [0, 0.05) is 18.0 Å². The molecule has 2 heterocycles. The van der Waals surface area contributed by atoms with E-state index in [2.05, 4.69) is 9.59 Å². The fraction of sp³-hybridized carbons (Fsp3) is 0.357. The number of aromatic nitrogens is 2. The van der Waals surface area contributed by atoms with Gasteiger partial charge in [0.15, 0.2) is 5.69 Å². The van der Waals surface area contributed by atoms with E-state index in [9.17, 15) is 9.18 Å². The first-order valence-corrected chi connectivity index (χ1v) is 7.40. The highest BCUT2D eigenvalue weighted by Crippen LogP contribution is 2.23. The van der Waals surface area contributed by atoms with E-state index in [0.29, 0.717) is 12.1 Å². The molecule has 1 amide bonds. The van der Waals surface area contributed by atoms with Crippen molar-refractivity contribution in [1.82, 2.24) is 14.5 Å².